The zero-order valence-electron chi connectivity index (χ0n) is 18.2. The van der Waals surface area contributed by atoms with Gasteiger partial charge in [0.1, 0.15) is 0 Å². The second-order valence-corrected chi connectivity index (χ2v) is 8.73. The van der Waals surface area contributed by atoms with Crippen molar-refractivity contribution in [3.8, 4) is 0 Å². The number of hydrogen-bond acceptors (Lipinski definition) is 4. The number of nitrogens with one attached hydrogen (secondary N) is 1. The van der Waals surface area contributed by atoms with Gasteiger partial charge in [0.2, 0.25) is 5.91 Å². The number of para-hydroxylation sites is 1. The van der Waals surface area contributed by atoms with E-state index in [1.54, 1.807) is 93.6 Å². The third-order valence-corrected chi connectivity index (χ3v) is 5.38. The van der Waals surface area contributed by atoms with Crippen LogP contribution in [0.3, 0.4) is 0 Å². The van der Waals surface area contributed by atoms with Crippen LogP contribution in [0.15, 0.2) is 89.7 Å². The predicted octanol–water partition coefficient (Wildman–Crippen LogP) is 3.80. The number of aliphatic hydroxyl groups is 1. The number of nitrogens with zero attached hydrogens (tertiary/aromatic N) is 2. The van der Waals surface area contributed by atoms with Gasteiger partial charge in [-0.25, -0.2) is 4.98 Å². The summed E-state index contributed by atoms with van der Waals surface area (Å²) in [5.74, 6) is -0.363. The molecule has 0 fully saturated rings. The van der Waals surface area contributed by atoms with Crippen LogP contribution in [0.25, 0.3) is 10.9 Å². The summed E-state index contributed by atoms with van der Waals surface area (Å²) < 4.78 is 1.08. The average Bonchev–Trinajstić information content (AvgIpc) is 2.80. The van der Waals surface area contributed by atoms with Crippen LogP contribution in [0.4, 0.5) is 0 Å². The zero-order chi connectivity index (χ0) is 22.9. The molecule has 2 N–H and O–H groups in total. The van der Waals surface area contributed by atoms with Gasteiger partial charge < -0.3 is 5.11 Å². The van der Waals surface area contributed by atoms with Crippen molar-refractivity contribution in [3.63, 3.8) is 0 Å². The van der Waals surface area contributed by atoms with E-state index in [0.29, 0.717) is 22.0 Å². The van der Waals surface area contributed by atoms with E-state index in [-0.39, 0.29) is 11.7 Å². The van der Waals surface area contributed by atoms with Crippen molar-refractivity contribution in [2.24, 2.45) is 5.41 Å². The molecule has 1 aromatic heterocycles. The number of amides is 1. The molecule has 6 heteroatoms. The first-order valence-electron chi connectivity index (χ1n) is 10.4. The molecule has 0 saturated carbocycles. The van der Waals surface area contributed by atoms with Gasteiger partial charge in [0, 0.05) is 5.41 Å². The highest BCUT2D eigenvalue weighted by atomic mass is 16.3. The summed E-state index contributed by atoms with van der Waals surface area (Å²) >= 11 is 0. The second kappa shape index (κ2) is 8.05. The maximum atomic E-state index is 13.5. The predicted molar refractivity (Wildman–Crippen MR) is 125 cm³/mol. The number of hydrogen-bond donors (Lipinski definition) is 2. The summed E-state index contributed by atoms with van der Waals surface area (Å²) in [4.78, 5) is 31.1. The molecule has 0 atom stereocenters. The van der Waals surface area contributed by atoms with E-state index in [1.165, 1.54) is 0 Å². The Morgan fingerprint density at radius 3 is 1.88 bits per heavy atom. The molecular weight excluding hydrogens is 402 g/mol. The molecule has 0 saturated heterocycles. The van der Waals surface area contributed by atoms with Gasteiger partial charge in [-0.3, -0.25) is 15.0 Å². The fraction of sp³-hybridized carbons (Fsp3) is 0.192. The summed E-state index contributed by atoms with van der Waals surface area (Å²) in [5, 5.41) is 12.6. The summed E-state index contributed by atoms with van der Waals surface area (Å²) in [6.45, 7) is 5.26. The number of carbonyl (C=O) groups is 1. The molecule has 0 unspecified atom stereocenters. The molecule has 4 rings (SSSR count). The van der Waals surface area contributed by atoms with Crippen molar-refractivity contribution in [1.82, 2.24) is 9.66 Å². The molecule has 0 aliphatic heterocycles. The van der Waals surface area contributed by atoms with E-state index < -0.39 is 16.6 Å². The van der Waals surface area contributed by atoms with Gasteiger partial charge in [-0.2, -0.15) is 4.68 Å². The van der Waals surface area contributed by atoms with Gasteiger partial charge >= 0.3 is 0 Å². The topological polar surface area (TPSA) is 84.2 Å². The lowest BCUT2D eigenvalue weighted by atomic mass is 9.85. The fourth-order valence-electron chi connectivity index (χ4n) is 3.53. The van der Waals surface area contributed by atoms with Crippen molar-refractivity contribution in [2.45, 2.75) is 26.4 Å². The first kappa shape index (κ1) is 21.5. The molecule has 32 heavy (non-hydrogen) atoms. The van der Waals surface area contributed by atoms with E-state index in [1.807, 2.05) is 12.1 Å². The maximum Gasteiger partial charge on any atom is 0.280 e. The number of fused-ring (bicyclic) bond motifs is 1. The first-order chi connectivity index (χ1) is 15.2. The van der Waals surface area contributed by atoms with Gasteiger partial charge in [-0.1, -0.05) is 93.6 Å². The Hall–Kier alpha value is -3.77. The molecule has 1 amide bonds. The van der Waals surface area contributed by atoms with Crippen LogP contribution in [-0.2, 0) is 10.4 Å². The van der Waals surface area contributed by atoms with Crippen molar-refractivity contribution < 1.29 is 9.90 Å². The fourth-order valence-corrected chi connectivity index (χ4v) is 3.53. The smallest absolute Gasteiger partial charge is 0.280 e. The van der Waals surface area contributed by atoms with Crippen LogP contribution in [0.2, 0.25) is 0 Å². The van der Waals surface area contributed by atoms with Crippen molar-refractivity contribution in [3.05, 3.63) is 112 Å². The normalized spacial score (nSPS) is 12.0. The summed E-state index contributed by atoms with van der Waals surface area (Å²) in [6.07, 6.45) is 0. The third-order valence-electron chi connectivity index (χ3n) is 5.38. The number of rotatable bonds is 4. The van der Waals surface area contributed by atoms with E-state index in [2.05, 4.69) is 5.43 Å². The molecule has 6 nitrogen and oxygen atoms in total. The summed E-state index contributed by atoms with van der Waals surface area (Å²) in [6, 6.07) is 24.9. The standard InChI is InChI=1S/C26H25N3O3/c1-25(2,3)24(31)28-29-22(30)20-16-10-11-17-21(20)27-23(29)26(32,18-12-6-4-7-13-18)19-14-8-5-9-15-19/h4-17,32H,1-3H3,(H,28,31). The van der Waals surface area contributed by atoms with Crippen molar-refractivity contribution in [1.29, 1.82) is 0 Å². The molecule has 0 aliphatic carbocycles. The van der Waals surface area contributed by atoms with Crippen LogP contribution < -0.4 is 11.0 Å². The van der Waals surface area contributed by atoms with Crippen LogP contribution in [0.1, 0.15) is 37.7 Å². The Labute approximate surface area is 186 Å². The quantitative estimate of drug-likeness (QED) is 0.519. The molecule has 0 spiro atoms. The Morgan fingerprint density at radius 1 is 0.844 bits per heavy atom. The van der Waals surface area contributed by atoms with Crippen LogP contribution in [0, 0.1) is 5.41 Å². The van der Waals surface area contributed by atoms with Gasteiger partial charge in [-0.05, 0) is 23.3 Å². The number of benzene rings is 3. The largest absolute Gasteiger partial charge is 0.373 e. The van der Waals surface area contributed by atoms with Gasteiger partial charge in [0.05, 0.1) is 10.9 Å². The first-order valence-corrected chi connectivity index (χ1v) is 10.4. The molecule has 0 bridgehead atoms. The lowest BCUT2D eigenvalue weighted by Crippen LogP contribution is -2.46. The van der Waals surface area contributed by atoms with Crippen LogP contribution in [0.5, 0.6) is 0 Å². The molecule has 4 aromatic rings. The maximum absolute atomic E-state index is 13.5. The van der Waals surface area contributed by atoms with Gasteiger partial charge in [0.25, 0.3) is 5.56 Å². The third kappa shape index (κ3) is 3.69. The molecule has 1 heterocycles. The number of aromatic nitrogens is 2. The summed E-state index contributed by atoms with van der Waals surface area (Å²) in [5.41, 5.74) is 1.15. The van der Waals surface area contributed by atoms with Crippen LogP contribution in [-0.4, -0.2) is 20.7 Å². The number of carbonyl (C=O) groups excluding carboxylic acids is 1. The van der Waals surface area contributed by atoms with Crippen molar-refractivity contribution >= 4 is 16.8 Å². The molecular formula is C26H25N3O3. The summed E-state index contributed by atoms with van der Waals surface area (Å²) in [7, 11) is 0. The zero-order valence-corrected chi connectivity index (χ0v) is 18.2. The molecule has 0 aliphatic rings. The van der Waals surface area contributed by atoms with E-state index in [4.69, 9.17) is 4.98 Å². The minimum atomic E-state index is -1.79. The Balaban J connectivity index is 2.09. The highest BCUT2D eigenvalue weighted by Crippen LogP contribution is 2.35. The monoisotopic (exact) mass is 427 g/mol. The van der Waals surface area contributed by atoms with E-state index in [9.17, 15) is 14.7 Å². The Kier molecular flexibility index (Phi) is 5.40. The average molecular weight is 428 g/mol. The Morgan fingerprint density at radius 2 is 1.34 bits per heavy atom. The second-order valence-electron chi connectivity index (χ2n) is 8.73. The minimum absolute atomic E-state index is 0.0104. The van der Waals surface area contributed by atoms with Crippen LogP contribution >= 0.6 is 0 Å². The van der Waals surface area contributed by atoms with E-state index >= 15 is 0 Å². The van der Waals surface area contributed by atoms with Crippen molar-refractivity contribution in [2.75, 3.05) is 5.43 Å². The lowest BCUT2D eigenvalue weighted by molar-refractivity contribution is -0.124. The minimum Gasteiger partial charge on any atom is -0.373 e. The van der Waals surface area contributed by atoms with Gasteiger partial charge in [0.15, 0.2) is 11.4 Å². The SMILES string of the molecule is CC(C)(C)C(=O)Nn1c(C(O)(c2ccccc2)c2ccccc2)nc2ccccc2c1=O. The van der Waals surface area contributed by atoms with Gasteiger partial charge in [-0.15, -0.1) is 0 Å². The molecule has 0 radical (unpaired) electrons. The van der Waals surface area contributed by atoms with E-state index in [0.717, 1.165) is 4.68 Å². The highest BCUT2D eigenvalue weighted by molar-refractivity contribution is 5.89. The Bertz CT molecular complexity index is 1280. The molecule has 3 aromatic carbocycles. The molecule has 162 valence electrons. The lowest BCUT2D eigenvalue weighted by Gasteiger charge is -2.31. The highest BCUT2D eigenvalue weighted by Gasteiger charge is 2.39.